The van der Waals surface area contributed by atoms with E-state index >= 15 is 0 Å². The van der Waals surface area contributed by atoms with Crippen molar-refractivity contribution in [2.75, 3.05) is 31.2 Å². The predicted molar refractivity (Wildman–Crippen MR) is 122 cm³/mol. The maximum Gasteiger partial charge on any atom is 0.416 e. The van der Waals surface area contributed by atoms with Crippen molar-refractivity contribution in [2.24, 2.45) is 0 Å². The van der Waals surface area contributed by atoms with Gasteiger partial charge < -0.3 is 15.0 Å². The van der Waals surface area contributed by atoms with Gasteiger partial charge in [-0.05, 0) is 55.0 Å². The molecule has 0 radical (unpaired) electrons. The Kier molecular flexibility index (Phi) is 6.74. The molecule has 0 bridgehead atoms. The van der Waals surface area contributed by atoms with Gasteiger partial charge in [0.25, 0.3) is 11.5 Å². The maximum absolute atomic E-state index is 13.1. The lowest BCUT2D eigenvalue weighted by atomic mass is 10.1. The van der Waals surface area contributed by atoms with Crippen LogP contribution >= 0.6 is 0 Å². The van der Waals surface area contributed by atoms with Gasteiger partial charge in [0.05, 0.1) is 18.8 Å². The van der Waals surface area contributed by atoms with Crippen molar-refractivity contribution in [1.82, 2.24) is 9.88 Å². The molecule has 1 saturated heterocycles. The number of aryl methyl sites for hydroxylation is 1. The zero-order valence-electron chi connectivity index (χ0n) is 18.6. The van der Waals surface area contributed by atoms with E-state index in [0.717, 1.165) is 41.0 Å². The summed E-state index contributed by atoms with van der Waals surface area (Å²) < 4.78 is 45.8. The van der Waals surface area contributed by atoms with Crippen LogP contribution in [0, 0.1) is 6.92 Å². The Morgan fingerprint density at radius 3 is 2.38 bits per heavy atom. The van der Waals surface area contributed by atoms with Crippen molar-refractivity contribution in [2.45, 2.75) is 19.6 Å². The lowest BCUT2D eigenvalue weighted by molar-refractivity contribution is -0.137. The number of hydrogen-bond donors (Lipinski definition) is 1. The van der Waals surface area contributed by atoms with Crippen LogP contribution in [0.15, 0.2) is 65.5 Å². The van der Waals surface area contributed by atoms with E-state index < -0.39 is 23.2 Å². The molecule has 2 heterocycles. The van der Waals surface area contributed by atoms with Gasteiger partial charge in [-0.2, -0.15) is 13.2 Å². The highest BCUT2D eigenvalue weighted by Gasteiger charge is 2.30. The molecule has 1 amide bonds. The highest BCUT2D eigenvalue weighted by atomic mass is 19.4. The number of morpholine rings is 1. The van der Waals surface area contributed by atoms with Crippen molar-refractivity contribution in [3.8, 4) is 5.69 Å². The van der Waals surface area contributed by atoms with Crippen LogP contribution in [0.5, 0.6) is 0 Å². The van der Waals surface area contributed by atoms with Crippen LogP contribution in [-0.2, 0) is 17.5 Å². The molecule has 6 nitrogen and oxygen atoms in total. The number of hydrogen-bond acceptors (Lipinski definition) is 4. The van der Waals surface area contributed by atoms with E-state index in [2.05, 4.69) is 10.2 Å². The van der Waals surface area contributed by atoms with Crippen LogP contribution < -0.4 is 15.8 Å². The second-order valence-electron chi connectivity index (χ2n) is 8.03. The van der Waals surface area contributed by atoms with Gasteiger partial charge >= 0.3 is 6.18 Å². The number of carbonyl (C=O) groups excluding carboxylic acids is 1. The molecule has 2 aromatic carbocycles. The minimum Gasteiger partial charge on any atom is -0.378 e. The lowest BCUT2D eigenvalue weighted by Crippen LogP contribution is -2.36. The number of halogens is 3. The molecule has 1 N–H and O–H groups in total. The summed E-state index contributed by atoms with van der Waals surface area (Å²) in [6.07, 6.45) is -4.54. The molecule has 0 unspecified atom stereocenters. The lowest BCUT2D eigenvalue weighted by Gasteiger charge is -2.28. The molecule has 0 spiro atoms. The zero-order chi connectivity index (χ0) is 24.3. The van der Waals surface area contributed by atoms with E-state index in [1.54, 1.807) is 6.92 Å². The number of rotatable bonds is 5. The van der Waals surface area contributed by atoms with E-state index in [1.807, 2.05) is 24.3 Å². The molecule has 0 saturated carbocycles. The van der Waals surface area contributed by atoms with Gasteiger partial charge in [-0.1, -0.05) is 18.2 Å². The number of amides is 1. The first-order valence-corrected chi connectivity index (χ1v) is 10.8. The second kappa shape index (κ2) is 9.72. The largest absolute Gasteiger partial charge is 0.416 e. The van der Waals surface area contributed by atoms with Crippen molar-refractivity contribution in [3.63, 3.8) is 0 Å². The quantitative estimate of drug-likeness (QED) is 0.613. The van der Waals surface area contributed by atoms with E-state index in [0.29, 0.717) is 18.9 Å². The number of pyridine rings is 1. The highest BCUT2D eigenvalue weighted by Crippen LogP contribution is 2.30. The first-order valence-electron chi connectivity index (χ1n) is 10.8. The molecular formula is C25H24F3N3O3. The summed E-state index contributed by atoms with van der Waals surface area (Å²) in [7, 11) is 0. The Morgan fingerprint density at radius 1 is 1.00 bits per heavy atom. The average molecular weight is 471 g/mol. The monoisotopic (exact) mass is 471 g/mol. The summed E-state index contributed by atoms with van der Waals surface area (Å²) >= 11 is 0. The number of benzene rings is 2. The molecule has 1 aliphatic heterocycles. The smallest absolute Gasteiger partial charge is 0.378 e. The van der Waals surface area contributed by atoms with Crippen LogP contribution in [0.4, 0.5) is 18.9 Å². The predicted octanol–water partition coefficient (Wildman–Crippen LogP) is 3.93. The highest BCUT2D eigenvalue weighted by molar-refractivity contribution is 5.93. The Balaban J connectivity index is 1.51. The Bertz CT molecular complexity index is 1230. The summed E-state index contributed by atoms with van der Waals surface area (Å²) in [6.45, 7) is 4.82. The first kappa shape index (κ1) is 23.6. The SMILES string of the molecule is Cc1ccc(C(=O)NCc2ccc(N3CCOCC3)cc2)c(=O)n1-c1cccc(C(F)(F)F)c1. The summed E-state index contributed by atoms with van der Waals surface area (Å²) in [5.41, 5.74) is 0.695. The number of ether oxygens (including phenoxy) is 1. The number of carbonyl (C=O) groups is 1. The number of anilines is 1. The summed E-state index contributed by atoms with van der Waals surface area (Å²) in [5, 5.41) is 2.72. The van der Waals surface area contributed by atoms with Gasteiger partial charge in [0, 0.05) is 36.7 Å². The molecule has 1 aliphatic rings. The molecule has 178 valence electrons. The zero-order valence-corrected chi connectivity index (χ0v) is 18.6. The van der Waals surface area contributed by atoms with Crippen molar-refractivity contribution in [3.05, 3.63) is 93.4 Å². The van der Waals surface area contributed by atoms with Gasteiger partial charge in [0.2, 0.25) is 0 Å². The van der Waals surface area contributed by atoms with Gasteiger partial charge in [0.15, 0.2) is 0 Å². The second-order valence-corrected chi connectivity index (χ2v) is 8.03. The summed E-state index contributed by atoms with van der Waals surface area (Å²) in [4.78, 5) is 28.0. The minimum atomic E-state index is -4.54. The standard InChI is InChI=1S/C25H24F3N3O3/c1-17-5-10-22(24(33)31(17)21-4-2-3-19(15-21)25(26,27)28)23(32)29-16-18-6-8-20(9-7-18)30-11-13-34-14-12-30/h2-10,15H,11-14,16H2,1H3,(H,29,32). The molecule has 1 fully saturated rings. The number of alkyl halides is 3. The average Bonchev–Trinajstić information content (AvgIpc) is 2.83. The van der Waals surface area contributed by atoms with Crippen molar-refractivity contribution >= 4 is 11.6 Å². The van der Waals surface area contributed by atoms with Crippen molar-refractivity contribution in [1.29, 1.82) is 0 Å². The van der Waals surface area contributed by atoms with Crippen LogP contribution in [0.25, 0.3) is 5.69 Å². The Labute approximate surface area is 194 Å². The van der Waals surface area contributed by atoms with Gasteiger partial charge in [-0.3, -0.25) is 14.2 Å². The van der Waals surface area contributed by atoms with Crippen molar-refractivity contribution < 1.29 is 22.7 Å². The molecular weight excluding hydrogens is 447 g/mol. The Morgan fingerprint density at radius 2 is 1.71 bits per heavy atom. The molecule has 1 aromatic heterocycles. The first-order chi connectivity index (χ1) is 16.2. The molecule has 3 aromatic rings. The van der Waals surface area contributed by atoms with Gasteiger partial charge in [-0.25, -0.2) is 0 Å². The van der Waals surface area contributed by atoms with E-state index in [9.17, 15) is 22.8 Å². The molecule has 34 heavy (non-hydrogen) atoms. The fraction of sp³-hybridized carbons (Fsp3) is 0.280. The van der Waals surface area contributed by atoms with Crippen LogP contribution in [0.3, 0.4) is 0 Å². The van der Waals surface area contributed by atoms with E-state index in [4.69, 9.17) is 4.74 Å². The third kappa shape index (κ3) is 5.14. The summed E-state index contributed by atoms with van der Waals surface area (Å²) in [5.74, 6) is -0.594. The van der Waals surface area contributed by atoms with Gasteiger partial charge in [-0.15, -0.1) is 0 Å². The van der Waals surface area contributed by atoms with Crippen LogP contribution in [0.2, 0.25) is 0 Å². The normalized spacial score (nSPS) is 14.2. The molecule has 0 atom stereocenters. The minimum absolute atomic E-state index is 0.0469. The summed E-state index contributed by atoms with van der Waals surface area (Å²) in [6, 6.07) is 15.1. The number of nitrogens with one attached hydrogen (secondary N) is 1. The number of aromatic nitrogens is 1. The van der Waals surface area contributed by atoms with Crippen LogP contribution in [0.1, 0.15) is 27.2 Å². The Hall–Kier alpha value is -3.59. The molecule has 9 heteroatoms. The van der Waals surface area contributed by atoms with E-state index in [1.165, 1.54) is 24.3 Å². The fourth-order valence-corrected chi connectivity index (χ4v) is 3.87. The molecule has 4 rings (SSSR count). The molecule has 0 aliphatic carbocycles. The third-order valence-electron chi connectivity index (χ3n) is 5.72. The fourth-order valence-electron chi connectivity index (χ4n) is 3.87. The van der Waals surface area contributed by atoms with Crippen LogP contribution in [-0.4, -0.2) is 36.8 Å². The topological polar surface area (TPSA) is 63.6 Å². The maximum atomic E-state index is 13.1. The van der Waals surface area contributed by atoms with E-state index in [-0.39, 0.29) is 17.8 Å². The van der Waals surface area contributed by atoms with Gasteiger partial charge in [0.1, 0.15) is 5.56 Å². The number of nitrogens with zero attached hydrogens (tertiary/aromatic N) is 2. The third-order valence-corrected chi connectivity index (χ3v) is 5.72.